The Bertz CT molecular complexity index is 1370. The van der Waals surface area contributed by atoms with Crippen LogP contribution in [0.25, 0.3) is 0 Å². The maximum absolute atomic E-state index is 13.4. The van der Waals surface area contributed by atoms with Crippen LogP contribution < -0.4 is 10.1 Å². The molecule has 2 atom stereocenters. The van der Waals surface area contributed by atoms with E-state index in [1.54, 1.807) is 79.8 Å². The van der Waals surface area contributed by atoms with E-state index in [1.807, 2.05) is 6.07 Å². The second kappa shape index (κ2) is 11.2. The first-order chi connectivity index (χ1) is 18.5. The minimum Gasteiger partial charge on any atom is -0.497 e. The molecule has 0 aliphatic carbocycles. The molecule has 36 heavy (non-hydrogen) atoms. The van der Waals surface area contributed by atoms with Gasteiger partial charge in [-0.15, -0.1) is 0 Å². The standard InChI is InChI=1S/C28H32N2O5S/c1-29-19-25-20-30(36(32,33)21-22-10-5-3-6-11-22)17-16-28(25,24-14-9-15-26(18-24)34-2)35-27(31)23-12-7-4-8-13-23/h3-15,18,25,29H,16-17,19-21H2,1-2H3/i2D3. The maximum atomic E-state index is 13.4. The van der Waals surface area contributed by atoms with Gasteiger partial charge in [0.2, 0.25) is 10.0 Å². The molecule has 0 saturated carbocycles. The number of piperidine rings is 1. The maximum Gasteiger partial charge on any atom is 0.339 e. The number of benzene rings is 3. The van der Waals surface area contributed by atoms with Gasteiger partial charge in [0, 0.05) is 32.0 Å². The lowest BCUT2D eigenvalue weighted by atomic mass is 9.76. The molecule has 1 aliphatic heterocycles. The monoisotopic (exact) mass is 511 g/mol. The fourth-order valence-electron chi connectivity index (χ4n) is 4.78. The molecule has 190 valence electrons. The number of nitrogens with zero attached hydrogens (tertiary/aromatic N) is 1. The van der Waals surface area contributed by atoms with Crippen LogP contribution >= 0.6 is 0 Å². The predicted molar refractivity (Wildman–Crippen MR) is 139 cm³/mol. The van der Waals surface area contributed by atoms with E-state index in [0.29, 0.717) is 23.2 Å². The Morgan fingerprint density at radius 2 is 1.81 bits per heavy atom. The van der Waals surface area contributed by atoms with Gasteiger partial charge < -0.3 is 14.8 Å². The van der Waals surface area contributed by atoms with Crippen molar-refractivity contribution in [3.8, 4) is 5.75 Å². The van der Waals surface area contributed by atoms with Gasteiger partial charge in [-0.1, -0.05) is 60.7 Å². The molecule has 0 spiro atoms. The van der Waals surface area contributed by atoms with Crippen LogP contribution in [-0.2, 0) is 26.1 Å². The van der Waals surface area contributed by atoms with Crippen LogP contribution in [0.4, 0.5) is 0 Å². The summed E-state index contributed by atoms with van der Waals surface area (Å²) in [5, 5.41) is 3.12. The highest BCUT2D eigenvalue weighted by Crippen LogP contribution is 2.43. The summed E-state index contributed by atoms with van der Waals surface area (Å²) in [6.45, 7) is 0.550. The van der Waals surface area contributed by atoms with Crippen molar-refractivity contribution in [3.63, 3.8) is 0 Å². The largest absolute Gasteiger partial charge is 0.497 e. The summed E-state index contributed by atoms with van der Waals surface area (Å²) in [6, 6.07) is 24.0. The molecular formula is C28H32N2O5S. The van der Waals surface area contributed by atoms with Gasteiger partial charge in [0.1, 0.15) is 11.4 Å². The minimum atomic E-state index is -3.67. The molecule has 8 heteroatoms. The average Bonchev–Trinajstić information content (AvgIpc) is 2.90. The number of carbonyl (C=O) groups excluding carboxylic acids is 1. The average molecular weight is 512 g/mol. The molecule has 1 aliphatic rings. The van der Waals surface area contributed by atoms with Gasteiger partial charge in [-0.2, -0.15) is 0 Å². The summed E-state index contributed by atoms with van der Waals surface area (Å²) in [5.41, 5.74) is 0.329. The molecule has 7 nitrogen and oxygen atoms in total. The van der Waals surface area contributed by atoms with Crippen LogP contribution in [0.1, 0.15) is 32.0 Å². The van der Waals surface area contributed by atoms with E-state index in [0.717, 1.165) is 0 Å². The fourth-order valence-corrected chi connectivity index (χ4v) is 6.35. The number of carbonyl (C=O) groups is 1. The lowest BCUT2D eigenvalue weighted by Crippen LogP contribution is -2.56. The number of esters is 1. The van der Waals surface area contributed by atoms with Crippen molar-refractivity contribution in [2.45, 2.75) is 17.8 Å². The molecule has 3 aromatic carbocycles. The van der Waals surface area contributed by atoms with E-state index in [1.165, 1.54) is 10.4 Å². The number of methoxy groups -OCH3 is 1. The van der Waals surface area contributed by atoms with Crippen molar-refractivity contribution in [3.05, 3.63) is 102 Å². The first kappa shape index (κ1) is 22.0. The zero-order valence-corrected chi connectivity index (χ0v) is 20.9. The summed E-state index contributed by atoms with van der Waals surface area (Å²) in [6.07, 6.45) is 0.170. The summed E-state index contributed by atoms with van der Waals surface area (Å²) in [5.74, 6) is -1.08. The minimum absolute atomic E-state index is 0.0996. The third-order valence-electron chi connectivity index (χ3n) is 6.58. The smallest absolute Gasteiger partial charge is 0.339 e. The zero-order chi connectivity index (χ0) is 28.1. The Hall–Kier alpha value is -3.20. The van der Waals surface area contributed by atoms with E-state index in [-0.39, 0.29) is 31.0 Å². The highest BCUT2D eigenvalue weighted by atomic mass is 32.2. The van der Waals surface area contributed by atoms with Gasteiger partial charge in [0.25, 0.3) is 0 Å². The topological polar surface area (TPSA) is 84.9 Å². The normalized spacial score (nSPS) is 22.1. The number of sulfonamides is 1. The van der Waals surface area contributed by atoms with Crippen molar-refractivity contribution in [1.29, 1.82) is 0 Å². The summed E-state index contributed by atoms with van der Waals surface area (Å²) < 4.78 is 62.2. The molecule has 0 radical (unpaired) electrons. The number of hydrogen-bond donors (Lipinski definition) is 1. The van der Waals surface area contributed by atoms with E-state index in [2.05, 4.69) is 5.32 Å². The molecule has 0 amide bonds. The van der Waals surface area contributed by atoms with Gasteiger partial charge in [-0.25, -0.2) is 17.5 Å². The van der Waals surface area contributed by atoms with E-state index in [9.17, 15) is 13.2 Å². The van der Waals surface area contributed by atoms with E-state index in [4.69, 9.17) is 13.6 Å². The number of rotatable bonds is 9. The lowest BCUT2D eigenvalue weighted by Gasteiger charge is -2.47. The van der Waals surface area contributed by atoms with Crippen molar-refractivity contribution in [2.24, 2.45) is 5.92 Å². The Labute approximate surface area is 217 Å². The molecule has 0 aromatic heterocycles. The molecule has 1 fully saturated rings. The van der Waals surface area contributed by atoms with E-state index < -0.39 is 34.5 Å². The van der Waals surface area contributed by atoms with Crippen LogP contribution in [-0.4, -0.2) is 52.4 Å². The summed E-state index contributed by atoms with van der Waals surface area (Å²) in [4.78, 5) is 13.4. The summed E-state index contributed by atoms with van der Waals surface area (Å²) >= 11 is 0. The highest BCUT2D eigenvalue weighted by molar-refractivity contribution is 7.88. The zero-order valence-electron chi connectivity index (χ0n) is 23.1. The molecule has 2 unspecified atom stereocenters. The van der Waals surface area contributed by atoms with Crippen molar-refractivity contribution >= 4 is 16.0 Å². The Morgan fingerprint density at radius 1 is 1.08 bits per heavy atom. The second-order valence-corrected chi connectivity index (χ2v) is 10.8. The van der Waals surface area contributed by atoms with Gasteiger partial charge in [-0.05, 0) is 42.4 Å². The van der Waals surface area contributed by atoms with Gasteiger partial charge in [0.15, 0.2) is 0 Å². The van der Waals surface area contributed by atoms with Crippen LogP contribution in [0.3, 0.4) is 0 Å². The molecule has 1 N–H and O–H groups in total. The van der Waals surface area contributed by atoms with Crippen LogP contribution in [0.2, 0.25) is 0 Å². The first-order valence-electron chi connectivity index (χ1n) is 13.3. The van der Waals surface area contributed by atoms with Gasteiger partial charge in [-0.3, -0.25) is 0 Å². The van der Waals surface area contributed by atoms with Crippen molar-refractivity contribution in [1.82, 2.24) is 9.62 Å². The second-order valence-electron chi connectivity index (χ2n) is 8.88. The Balaban J connectivity index is 1.72. The number of ether oxygens (including phenoxy) is 2. The Morgan fingerprint density at radius 3 is 2.50 bits per heavy atom. The van der Waals surface area contributed by atoms with Crippen LogP contribution in [0.15, 0.2) is 84.9 Å². The predicted octanol–water partition coefficient (Wildman–Crippen LogP) is 3.82. The number of nitrogens with one attached hydrogen (secondary N) is 1. The van der Waals surface area contributed by atoms with Crippen LogP contribution in [0.5, 0.6) is 5.75 Å². The third kappa shape index (κ3) is 5.61. The molecule has 4 rings (SSSR count). The molecular weight excluding hydrogens is 476 g/mol. The molecule has 1 saturated heterocycles. The Kier molecular flexibility index (Phi) is 6.88. The van der Waals surface area contributed by atoms with Crippen LogP contribution in [0, 0.1) is 5.92 Å². The lowest BCUT2D eigenvalue weighted by molar-refractivity contribution is -0.0819. The van der Waals surface area contributed by atoms with Gasteiger partial charge in [0.05, 0.1) is 22.5 Å². The van der Waals surface area contributed by atoms with Gasteiger partial charge >= 0.3 is 5.97 Å². The van der Waals surface area contributed by atoms with Crippen molar-refractivity contribution < 1.29 is 26.8 Å². The SMILES string of the molecule is [2H]C([2H])([2H])Oc1cccc(C2(OC(=O)c3ccccc3)CCN(S(=O)(=O)Cc3ccccc3)CC2CNC)c1. The third-order valence-corrected chi connectivity index (χ3v) is 8.39. The molecule has 3 aromatic rings. The molecule has 0 bridgehead atoms. The quantitative estimate of drug-likeness (QED) is 0.440. The molecule has 1 heterocycles. The summed E-state index contributed by atoms with van der Waals surface area (Å²) in [7, 11) is -4.58. The first-order valence-corrected chi connectivity index (χ1v) is 13.4. The fraction of sp³-hybridized carbons (Fsp3) is 0.321. The number of hydrogen-bond acceptors (Lipinski definition) is 6. The van der Waals surface area contributed by atoms with Crippen molar-refractivity contribution in [2.75, 3.05) is 33.7 Å². The van der Waals surface area contributed by atoms with E-state index >= 15 is 0 Å². The highest BCUT2D eigenvalue weighted by Gasteiger charge is 2.49.